The fraction of sp³-hybridized carbons (Fsp3) is 0.357. The molecule has 0 saturated carbocycles. The van der Waals surface area contributed by atoms with Gasteiger partial charge in [0.2, 0.25) is 0 Å². The van der Waals surface area contributed by atoms with Crippen LogP contribution in [0.4, 0.5) is 11.4 Å². The molecule has 1 saturated heterocycles. The number of benzene rings is 1. The van der Waals surface area contributed by atoms with E-state index in [1.165, 1.54) is 0 Å². The van der Waals surface area contributed by atoms with Crippen LogP contribution in [0.3, 0.4) is 0 Å². The van der Waals surface area contributed by atoms with Gasteiger partial charge in [-0.3, -0.25) is 10.1 Å². The van der Waals surface area contributed by atoms with Crippen LogP contribution in [0, 0.1) is 10.1 Å². The average molecular weight is 289 g/mol. The van der Waals surface area contributed by atoms with Gasteiger partial charge in [-0.25, -0.2) is 4.79 Å². The molecule has 0 radical (unpaired) electrons. The molecule has 0 atom stereocenters. The highest BCUT2D eigenvalue weighted by molar-refractivity contribution is 5.95. The van der Waals surface area contributed by atoms with Crippen LogP contribution in [0.1, 0.15) is 0 Å². The number of hydrogen-bond acceptors (Lipinski definition) is 6. The fourth-order valence-electron chi connectivity index (χ4n) is 2.63. The van der Waals surface area contributed by atoms with E-state index in [4.69, 9.17) is 4.42 Å². The van der Waals surface area contributed by atoms with Crippen LogP contribution in [0.25, 0.3) is 11.0 Å². The number of piperazine rings is 1. The summed E-state index contributed by atoms with van der Waals surface area (Å²) in [5.74, 6) is 0. The van der Waals surface area contributed by atoms with Crippen molar-refractivity contribution in [2.75, 3.05) is 38.1 Å². The Labute approximate surface area is 120 Å². The van der Waals surface area contributed by atoms with Crippen molar-refractivity contribution in [2.24, 2.45) is 0 Å². The number of likely N-dealkylation sites (N-methyl/N-ethyl adjacent to an activating group) is 1. The Morgan fingerprint density at radius 1 is 1.19 bits per heavy atom. The number of para-hydroxylation sites is 1. The number of hydrogen-bond donors (Lipinski definition) is 0. The van der Waals surface area contributed by atoms with Gasteiger partial charge in [-0.05, 0) is 19.2 Å². The first kappa shape index (κ1) is 13.6. The summed E-state index contributed by atoms with van der Waals surface area (Å²) in [6.45, 7) is 2.88. The monoisotopic (exact) mass is 289 g/mol. The first-order chi connectivity index (χ1) is 10.1. The third-order valence-corrected chi connectivity index (χ3v) is 3.76. The van der Waals surface area contributed by atoms with Crippen molar-refractivity contribution in [2.45, 2.75) is 0 Å². The number of nitro groups is 1. The van der Waals surface area contributed by atoms with E-state index in [1.54, 1.807) is 24.3 Å². The largest absolute Gasteiger partial charge is 0.418 e. The molecule has 3 rings (SSSR count). The van der Waals surface area contributed by atoms with Gasteiger partial charge in [0.15, 0.2) is 0 Å². The second-order valence-electron chi connectivity index (χ2n) is 5.13. The normalized spacial score (nSPS) is 16.3. The zero-order chi connectivity index (χ0) is 15.0. The Kier molecular flexibility index (Phi) is 3.34. The zero-order valence-electron chi connectivity index (χ0n) is 11.6. The van der Waals surface area contributed by atoms with Crippen LogP contribution in [0.2, 0.25) is 0 Å². The molecule has 21 heavy (non-hydrogen) atoms. The van der Waals surface area contributed by atoms with Crippen LogP contribution >= 0.6 is 0 Å². The van der Waals surface area contributed by atoms with Crippen LogP contribution in [0.5, 0.6) is 0 Å². The predicted octanol–water partition coefficient (Wildman–Crippen LogP) is 1.45. The minimum absolute atomic E-state index is 0.375. The van der Waals surface area contributed by atoms with E-state index in [2.05, 4.69) is 4.90 Å². The minimum atomic E-state index is -0.896. The minimum Gasteiger partial charge on any atom is -0.418 e. The molecular weight excluding hydrogens is 274 g/mol. The van der Waals surface area contributed by atoms with Gasteiger partial charge in [0, 0.05) is 31.6 Å². The molecule has 1 fully saturated rings. The highest BCUT2D eigenvalue weighted by atomic mass is 16.6. The summed E-state index contributed by atoms with van der Waals surface area (Å²) in [4.78, 5) is 26.7. The highest BCUT2D eigenvalue weighted by Gasteiger charge is 2.29. The predicted molar refractivity (Wildman–Crippen MR) is 78.8 cm³/mol. The van der Waals surface area contributed by atoms with E-state index >= 15 is 0 Å². The van der Waals surface area contributed by atoms with E-state index in [0.29, 0.717) is 29.7 Å². The van der Waals surface area contributed by atoms with Gasteiger partial charge < -0.3 is 14.2 Å². The topological polar surface area (TPSA) is 79.8 Å². The molecule has 7 nitrogen and oxygen atoms in total. The molecule has 0 bridgehead atoms. The van der Waals surface area contributed by atoms with Gasteiger partial charge in [0.1, 0.15) is 11.3 Å². The molecule has 0 unspecified atom stereocenters. The van der Waals surface area contributed by atoms with Gasteiger partial charge in [-0.1, -0.05) is 12.1 Å². The summed E-state index contributed by atoms with van der Waals surface area (Å²) in [5.41, 5.74) is -0.618. The third-order valence-electron chi connectivity index (χ3n) is 3.76. The summed E-state index contributed by atoms with van der Waals surface area (Å²) >= 11 is 0. The van der Waals surface area contributed by atoms with Gasteiger partial charge in [-0.2, -0.15) is 0 Å². The molecule has 0 spiro atoms. The molecule has 2 heterocycles. The Balaban J connectivity index is 2.24. The molecule has 110 valence electrons. The molecule has 1 aromatic carbocycles. The smallest absolute Gasteiger partial charge is 0.417 e. The third kappa shape index (κ3) is 2.36. The Bertz CT molecular complexity index is 747. The van der Waals surface area contributed by atoms with Crippen molar-refractivity contribution in [3.05, 3.63) is 44.8 Å². The maximum atomic E-state index is 12.0. The molecule has 0 amide bonds. The lowest BCUT2D eigenvalue weighted by atomic mass is 10.1. The number of rotatable bonds is 2. The maximum Gasteiger partial charge on any atom is 0.417 e. The van der Waals surface area contributed by atoms with Crippen molar-refractivity contribution in [1.29, 1.82) is 0 Å². The second kappa shape index (κ2) is 5.17. The first-order valence-corrected chi connectivity index (χ1v) is 6.71. The van der Waals surface area contributed by atoms with Gasteiger partial charge >= 0.3 is 11.3 Å². The SMILES string of the molecule is CN1CCN(c2c([N+](=O)[O-])c(=O)oc3ccccc23)CC1. The molecule has 2 aromatic rings. The molecule has 1 aliphatic rings. The van der Waals surface area contributed by atoms with Gasteiger partial charge in [0.05, 0.1) is 4.92 Å². The van der Waals surface area contributed by atoms with Crippen molar-refractivity contribution in [1.82, 2.24) is 4.90 Å². The average Bonchev–Trinajstić information content (AvgIpc) is 2.46. The van der Waals surface area contributed by atoms with Crippen LogP contribution in [-0.2, 0) is 0 Å². The quantitative estimate of drug-likeness (QED) is 0.473. The van der Waals surface area contributed by atoms with Crippen molar-refractivity contribution in [3.63, 3.8) is 0 Å². The lowest BCUT2D eigenvalue weighted by Gasteiger charge is -2.33. The Morgan fingerprint density at radius 2 is 1.86 bits per heavy atom. The summed E-state index contributed by atoms with van der Waals surface area (Å²) in [5, 5.41) is 11.9. The number of nitrogens with zero attached hydrogens (tertiary/aromatic N) is 3. The second-order valence-corrected chi connectivity index (χ2v) is 5.13. The van der Waals surface area contributed by atoms with Crippen molar-refractivity contribution < 1.29 is 9.34 Å². The Morgan fingerprint density at radius 3 is 2.52 bits per heavy atom. The van der Waals surface area contributed by atoms with Crippen LogP contribution in [0.15, 0.2) is 33.5 Å². The van der Waals surface area contributed by atoms with Crippen molar-refractivity contribution in [3.8, 4) is 0 Å². The van der Waals surface area contributed by atoms with Gasteiger partial charge in [-0.15, -0.1) is 0 Å². The molecule has 1 aromatic heterocycles. The molecular formula is C14H15N3O4. The maximum absolute atomic E-state index is 12.0. The molecule has 0 aliphatic carbocycles. The summed E-state index contributed by atoms with van der Waals surface area (Å²) in [6, 6.07) is 6.93. The molecule has 7 heteroatoms. The number of anilines is 1. The number of fused-ring (bicyclic) bond motifs is 1. The molecule has 1 aliphatic heterocycles. The van der Waals surface area contributed by atoms with Crippen LogP contribution in [-0.4, -0.2) is 43.0 Å². The summed E-state index contributed by atoms with van der Waals surface area (Å²) in [6.07, 6.45) is 0. The van der Waals surface area contributed by atoms with E-state index < -0.39 is 16.2 Å². The fourth-order valence-corrected chi connectivity index (χ4v) is 2.63. The summed E-state index contributed by atoms with van der Waals surface area (Å²) < 4.78 is 5.07. The summed E-state index contributed by atoms with van der Waals surface area (Å²) in [7, 11) is 2.00. The zero-order valence-corrected chi connectivity index (χ0v) is 11.6. The van der Waals surface area contributed by atoms with E-state index in [-0.39, 0.29) is 0 Å². The first-order valence-electron chi connectivity index (χ1n) is 6.71. The van der Waals surface area contributed by atoms with E-state index in [9.17, 15) is 14.9 Å². The standard InChI is InChI=1S/C14H15N3O4/c1-15-6-8-16(9-7-15)12-10-4-2-3-5-11(10)21-14(18)13(12)17(19)20/h2-5H,6-9H2,1H3. The molecule has 0 N–H and O–H groups in total. The van der Waals surface area contributed by atoms with E-state index in [0.717, 1.165) is 13.1 Å². The Hall–Kier alpha value is -2.41. The lowest BCUT2D eigenvalue weighted by Crippen LogP contribution is -2.45. The highest BCUT2D eigenvalue weighted by Crippen LogP contribution is 2.33. The van der Waals surface area contributed by atoms with Crippen molar-refractivity contribution >= 4 is 22.3 Å². The van der Waals surface area contributed by atoms with Gasteiger partial charge in [0.25, 0.3) is 0 Å². The lowest BCUT2D eigenvalue weighted by molar-refractivity contribution is -0.386. The van der Waals surface area contributed by atoms with Crippen LogP contribution < -0.4 is 10.5 Å². The van der Waals surface area contributed by atoms with E-state index in [1.807, 2.05) is 11.9 Å².